The lowest BCUT2D eigenvalue weighted by Gasteiger charge is -2.21. The number of aliphatic carboxylic acids is 1. The molecule has 148 valence electrons. The van der Waals surface area contributed by atoms with Gasteiger partial charge in [-0.2, -0.15) is 5.10 Å². The number of aromatic nitrogens is 2. The van der Waals surface area contributed by atoms with Crippen LogP contribution in [0.3, 0.4) is 0 Å². The number of rotatable bonds is 8. The number of nitrogens with zero attached hydrogens (tertiary/aromatic N) is 2. The molecule has 3 aromatic rings. The maximum atomic E-state index is 12.6. The van der Waals surface area contributed by atoms with Crippen molar-refractivity contribution >= 4 is 11.9 Å². The lowest BCUT2D eigenvalue weighted by atomic mass is 10.1. The van der Waals surface area contributed by atoms with Crippen molar-refractivity contribution in [1.82, 2.24) is 15.1 Å². The van der Waals surface area contributed by atoms with E-state index < -0.39 is 11.9 Å². The number of amides is 1. The van der Waals surface area contributed by atoms with E-state index in [1.807, 2.05) is 54.6 Å². The molecule has 1 aromatic heterocycles. The Morgan fingerprint density at radius 3 is 2.45 bits per heavy atom. The zero-order valence-electron chi connectivity index (χ0n) is 15.9. The molecule has 0 unspecified atom stereocenters. The molecule has 0 aliphatic rings. The maximum absolute atomic E-state index is 12.6. The minimum atomic E-state index is -1.17. The Morgan fingerprint density at radius 1 is 1.07 bits per heavy atom. The lowest BCUT2D eigenvalue weighted by molar-refractivity contribution is -0.132. The molecule has 0 saturated carbocycles. The lowest BCUT2D eigenvalue weighted by Crippen LogP contribution is -2.28. The zero-order chi connectivity index (χ0) is 20.6. The second kappa shape index (κ2) is 9.36. The molecule has 0 aliphatic carbocycles. The number of carboxylic acid groups (broad SMARTS) is 1. The zero-order valence-corrected chi connectivity index (χ0v) is 15.9. The number of methoxy groups -OCH3 is 1. The number of nitrogens with one attached hydrogen (secondary N) is 1. The van der Waals surface area contributed by atoms with Gasteiger partial charge in [0.2, 0.25) is 5.91 Å². The molecule has 1 amide bonds. The van der Waals surface area contributed by atoms with Crippen molar-refractivity contribution in [2.45, 2.75) is 13.1 Å². The first-order chi connectivity index (χ1) is 14.1. The van der Waals surface area contributed by atoms with Gasteiger partial charge in [-0.05, 0) is 29.8 Å². The third kappa shape index (κ3) is 5.32. The molecule has 3 rings (SSSR count). The monoisotopic (exact) mass is 391 g/mol. The van der Waals surface area contributed by atoms with Gasteiger partial charge < -0.3 is 14.7 Å². The van der Waals surface area contributed by atoms with Crippen molar-refractivity contribution in [1.29, 1.82) is 0 Å². The quantitative estimate of drug-likeness (QED) is 0.575. The van der Waals surface area contributed by atoms with Crippen molar-refractivity contribution in [3.05, 3.63) is 84.1 Å². The Balaban J connectivity index is 1.86. The van der Waals surface area contributed by atoms with Gasteiger partial charge >= 0.3 is 5.97 Å². The molecule has 7 heteroatoms. The second-order valence-electron chi connectivity index (χ2n) is 6.35. The summed E-state index contributed by atoms with van der Waals surface area (Å²) < 4.78 is 5.19. The van der Waals surface area contributed by atoms with Crippen molar-refractivity contribution in [3.63, 3.8) is 0 Å². The predicted molar refractivity (Wildman–Crippen MR) is 108 cm³/mol. The summed E-state index contributed by atoms with van der Waals surface area (Å²) in [6.45, 7) is 0.617. The van der Waals surface area contributed by atoms with Crippen LogP contribution in [0.4, 0.5) is 0 Å². The van der Waals surface area contributed by atoms with Gasteiger partial charge in [0.1, 0.15) is 5.75 Å². The number of carbonyl (C=O) groups is 2. The Kier molecular flexibility index (Phi) is 6.42. The molecular formula is C22H21N3O4. The third-order valence-corrected chi connectivity index (χ3v) is 4.35. The average molecular weight is 391 g/mol. The van der Waals surface area contributed by atoms with Crippen LogP contribution in [0.15, 0.2) is 72.9 Å². The highest BCUT2D eigenvalue weighted by molar-refractivity contribution is 5.94. The fourth-order valence-electron chi connectivity index (χ4n) is 2.91. The van der Waals surface area contributed by atoms with Gasteiger partial charge in [0.15, 0.2) is 0 Å². The standard InChI is InChI=1S/C22H21N3O4/c1-29-19-9-7-17(8-10-19)22-18(13-23-24-22)15-25(20(26)11-12-21(27)28)14-16-5-3-2-4-6-16/h2-13H,14-15H2,1H3,(H,23,24)(H,27,28)/b12-11+. The van der Waals surface area contributed by atoms with Crippen molar-refractivity contribution < 1.29 is 19.4 Å². The van der Waals surface area contributed by atoms with Gasteiger partial charge in [-0.3, -0.25) is 9.89 Å². The molecule has 0 atom stereocenters. The van der Waals surface area contributed by atoms with Crippen LogP contribution in [0.5, 0.6) is 5.75 Å². The van der Waals surface area contributed by atoms with Crippen LogP contribution in [0.25, 0.3) is 11.3 Å². The molecule has 0 spiro atoms. The summed E-state index contributed by atoms with van der Waals surface area (Å²) in [5, 5.41) is 15.9. The Morgan fingerprint density at radius 2 is 1.79 bits per heavy atom. The molecule has 0 aliphatic heterocycles. The van der Waals surface area contributed by atoms with Crippen molar-refractivity contribution in [2.75, 3.05) is 7.11 Å². The van der Waals surface area contributed by atoms with E-state index in [9.17, 15) is 9.59 Å². The number of hydrogen-bond acceptors (Lipinski definition) is 4. The molecule has 0 bridgehead atoms. The van der Waals surface area contributed by atoms with E-state index in [2.05, 4.69) is 10.2 Å². The molecule has 0 fully saturated rings. The van der Waals surface area contributed by atoms with Crippen LogP contribution in [-0.4, -0.2) is 39.2 Å². The fourth-order valence-corrected chi connectivity index (χ4v) is 2.91. The Hall–Kier alpha value is -3.87. The molecule has 0 saturated heterocycles. The van der Waals surface area contributed by atoms with Crippen molar-refractivity contribution in [3.8, 4) is 17.0 Å². The average Bonchev–Trinajstić information content (AvgIpc) is 3.20. The van der Waals surface area contributed by atoms with Gasteiger partial charge in [-0.15, -0.1) is 0 Å². The van der Waals surface area contributed by atoms with Gasteiger partial charge in [-0.25, -0.2) is 4.79 Å². The largest absolute Gasteiger partial charge is 0.497 e. The van der Waals surface area contributed by atoms with E-state index in [1.165, 1.54) is 0 Å². The normalized spacial score (nSPS) is 10.8. The molecule has 2 N–H and O–H groups in total. The minimum Gasteiger partial charge on any atom is -0.497 e. The Labute approximate surface area is 168 Å². The van der Waals surface area contributed by atoms with E-state index in [0.29, 0.717) is 6.54 Å². The summed E-state index contributed by atoms with van der Waals surface area (Å²) in [4.78, 5) is 25.0. The van der Waals surface area contributed by atoms with Crippen molar-refractivity contribution in [2.24, 2.45) is 0 Å². The van der Waals surface area contributed by atoms with Crippen LogP contribution in [0.1, 0.15) is 11.1 Å². The van der Waals surface area contributed by atoms with E-state index in [4.69, 9.17) is 9.84 Å². The first-order valence-electron chi connectivity index (χ1n) is 8.97. The van der Waals surface area contributed by atoms with E-state index >= 15 is 0 Å². The molecule has 1 heterocycles. The predicted octanol–water partition coefficient (Wildman–Crippen LogP) is 3.25. The minimum absolute atomic E-state index is 0.273. The highest BCUT2D eigenvalue weighted by Gasteiger charge is 2.17. The summed E-state index contributed by atoms with van der Waals surface area (Å²) in [7, 11) is 1.61. The highest BCUT2D eigenvalue weighted by atomic mass is 16.5. The number of carboxylic acids is 1. The van der Waals surface area contributed by atoms with Crippen LogP contribution < -0.4 is 4.74 Å². The van der Waals surface area contributed by atoms with E-state index in [-0.39, 0.29) is 6.54 Å². The number of carbonyl (C=O) groups excluding carboxylic acids is 1. The second-order valence-corrected chi connectivity index (χ2v) is 6.35. The number of ether oxygens (including phenoxy) is 1. The number of benzene rings is 2. The molecular weight excluding hydrogens is 370 g/mol. The van der Waals surface area contributed by atoms with E-state index in [0.717, 1.165) is 40.3 Å². The summed E-state index contributed by atoms with van der Waals surface area (Å²) in [5.74, 6) is -0.812. The topological polar surface area (TPSA) is 95.5 Å². The summed E-state index contributed by atoms with van der Waals surface area (Å²) >= 11 is 0. The van der Waals surface area contributed by atoms with Crippen LogP contribution >= 0.6 is 0 Å². The van der Waals surface area contributed by atoms with Gasteiger partial charge in [0.05, 0.1) is 25.5 Å². The molecule has 7 nitrogen and oxygen atoms in total. The number of aromatic amines is 1. The smallest absolute Gasteiger partial charge is 0.328 e. The van der Waals surface area contributed by atoms with Gasteiger partial charge in [0.25, 0.3) is 0 Å². The Bertz CT molecular complexity index is 994. The van der Waals surface area contributed by atoms with Crippen LogP contribution in [0, 0.1) is 0 Å². The highest BCUT2D eigenvalue weighted by Crippen LogP contribution is 2.25. The van der Waals surface area contributed by atoms with Crippen LogP contribution in [-0.2, 0) is 22.7 Å². The fraction of sp³-hybridized carbons (Fsp3) is 0.136. The first-order valence-corrected chi connectivity index (χ1v) is 8.97. The van der Waals surface area contributed by atoms with Gasteiger partial charge in [0, 0.05) is 29.8 Å². The summed E-state index contributed by atoms with van der Waals surface area (Å²) in [6.07, 6.45) is 3.59. The third-order valence-electron chi connectivity index (χ3n) is 4.35. The molecule has 0 radical (unpaired) electrons. The number of H-pyrrole nitrogens is 1. The van der Waals surface area contributed by atoms with Gasteiger partial charge in [-0.1, -0.05) is 30.3 Å². The first kappa shape index (κ1) is 19.9. The van der Waals surface area contributed by atoms with E-state index in [1.54, 1.807) is 18.2 Å². The van der Waals surface area contributed by atoms with Crippen LogP contribution in [0.2, 0.25) is 0 Å². The molecule has 2 aromatic carbocycles. The maximum Gasteiger partial charge on any atom is 0.328 e. The molecule has 29 heavy (non-hydrogen) atoms. The SMILES string of the molecule is COc1ccc(-c2[nH]ncc2CN(Cc2ccccc2)C(=O)/C=C/C(=O)O)cc1. The summed E-state index contributed by atoms with van der Waals surface area (Å²) in [5.41, 5.74) is 3.47. The number of hydrogen-bond donors (Lipinski definition) is 2. The summed E-state index contributed by atoms with van der Waals surface area (Å²) in [6, 6.07) is 17.0.